The van der Waals surface area contributed by atoms with Crippen molar-refractivity contribution in [3.63, 3.8) is 0 Å². The van der Waals surface area contributed by atoms with Gasteiger partial charge in [-0.05, 0) is 45.0 Å². The van der Waals surface area contributed by atoms with Gasteiger partial charge in [-0.2, -0.15) is 0 Å². The zero-order chi connectivity index (χ0) is 15.4. The van der Waals surface area contributed by atoms with Crippen LogP contribution in [-0.4, -0.2) is 33.1 Å². The van der Waals surface area contributed by atoms with Gasteiger partial charge in [0.25, 0.3) is 5.91 Å². The molecule has 0 bridgehead atoms. The van der Waals surface area contributed by atoms with E-state index in [2.05, 4.69) is 5.32 Å². The minimum Gasteiger partial charge on any atom is -0.374 e. The Hall–Kier alpha value is -1.44. The lowest BCUT2D eigenvalue weighted by atomic mass is 10.1. The molecule has 0 spiro atoms. The first-order chi connectivity index (χ1) is 9.15. The highest BCUT2D eigenvalue weighted by atomic mass is 32.2. The maximum Gasteiger partial charge on any atom is 0.251 e. The molecule has 6 nitrogen and oxygen atoms in total. The summed E-state index contributed by atoms with van der Waals surface area (Å²) in [7, 11) is -3.74. The van der Waals surface area contributed by atoms with Gasteiger partial charge in [-0.3, -0.25) is 4.79 Å². The van der Waals surface area contributed by atoms with Gasteiger partial charge in [0.2, 0.25) is 10.0 Å². The van der Waals surface area contributed by atoms with Gasteiger partial charge in [-0.25, -0.2) is 13.6 Å². The number of primary sulfonamides is 1. The molecule has 20 heavy (non-hydrogen) atoms. The van der Waals surface area contributed by atoms with E-state index in [0.717, 1.165) is 0 Å². The van der Waals surface area contributed by atoms with Crippen molar-refractivity contribution in [2.45, 2.75) is 31.3 Å². The number of carbonyl (C=O) groups excluding carboxylic acids is 1. The molecule has 1 aromatic carbocycles. The Labute approximate surface area is 119 Å². The molecule has 7 heteroatoms. The summed E-state index contributed by atoms with van der Waals surface area (Å²) in [5.74, 6) is -0.293. The van der Waals surface area contributed by atoms with Crippen molar-refractivity contribution in [1.29, 1.82) is 0 Å². The number of nitrogens with two attached hydrogens (primary N) is 1. The zero-order valence-corrected chi connectivity index (χ0v) is 12.7. The van der Waals surface area contributed by atoms with Gasteiger partial charge >= 0.3 is 0 Å². The number of amides is 1. The lowest BCUT2D eigenvalue weighted by Gasteiger charge is -2.24. The Bertz CT molecular complexity index is 565. The third-order valence-corrected chi connectivity index (χ3v) is 3.58. The first-order valence-electron chi connectivity index (χ1n) is 6.21. The van der Waals surface area contributed by atoms with Gasteiger partial charge in [0.15, 0.2) is 0 Å². The number of hydrogen-bond acceptors (Lipinski definition) is 4. The van der Waals surface area contributed by atoms with Crippen LogP contribution in [0.5, 0.6) is 0 Å². The number of rotatable bonds is 6. The van der Waals surface area contributed by atoms with Crippen molar-refractivity contribution < 1.29 is 17.9 Å². The maximum atomic E-state index is 11.9. The molecule has 1 rings (SSSR count). The number of carbonyl (C=O) groups is 1. The smallest absolute Gasteiger partial charge is 0.251 e. The average molecular weight is 300 g/mol. The molecule has 1 amide bonds. The van der Waals surface area contributed by atoms with Crippen LogP contribution in [0.4, 0.5) is 0 Å². The molecule has 0 aliphatic rings. The summed E-state index contributed by atoms with van der Waals surface area (Å²) in [4.78, 5) is 11.9. The molecule has 0 aliphatic carbocycles. The molecule has 0 heterocycles. The van der Waals surface area contributed by atoms with E-state index < -0.39 is 15.6 Å². The SMILES string of the molecule is CCOC(C)(C)CNC(=O)c1ccc(S(N)(=O)=O)cc1. The van der Waals surface area contributed by atoms with E-state index in [1.807, 2.05) is 20.8 Å². The molecule has 0 aliphatic heterocycles. The Balaban J connectivity index is 2.70. The Morgan fingerprint density at radius 1 is 1.30 bits per heavy atom. The lowest BCUT2D eigenvalue weighted by Crippen LogP contribution is -2.40. The van der Waals surface area contributed by atoms with Crippen LogP contribution in [0, 0.1) is 0 Å². The molecular weight excluding hydrogens is 280 g/mol. The summed E-state index contributed by atoms with van der Waals surface area (Å²) in [6.07, 6.45) is 0. The van der Waals surface area contributed by atoms with Crippen molar-refractivity contribution in [2.24, 2.45) is 5.14 Å². The molecular formula is C13H20N2O4S. The molecule has 1 aromatic rings. The molecule has 3 N–H and O–H groups in total. The van der Waals surface area contributed by atoms with Crippen LogP contribution < -0.4 is 10.5 Å². The largest absolute Gasteiger partial charge is 0.374 e. The van der Waals surface area contributed by atoms with E-state index >= 15 is 0 Å². The van der Waals surface area contributed by atoms with Gasteiger partial charge in [0.05, 0.1) is 10.5 Å². The summed E-state index contributed by atoms with van der Waals surface area (Å²) in [6, 6.07) is 5.45. The predicted molar refractivity (Wildman–Crippen MR) is 75.9 cm³/mol. The van der Waals surface area contributed by atoms with Crippen LogP contribution in [0.2, 0.25) is 0 Å². The molecule has 0 unspecified atom stereocenters. The van der Waals surface area contributed by atoms with Crippen molar-refractivity contribution in [2.75, 3.05) is 13.2 Å². The molecule has 0 atom stereocenters. The average Bonchev–Trinajstić information content (AvgIpc) is 2.35. The number of benzene rings is 1. The number of ether oxygens (including phenoxy) is 1. The molecule has 112 valence electrons. The second-order valence-corrected chi connectivity index (χ2v) is 6.51. The highest BCUT2D eigenvalue weighted by Crippen LogP contribution is 2.10. The van der Waals surface area contributed by atoms with Crippen LogP contribution in [0.3, 0.4) is 0 Å². The first kappa shape index (κ1) is 16.6. The Morgan fingerprint density at radius 2 is 1.85 bits per heavy atom. The number of hydrogen-bond donors (Lipinski definition) is 2. The van der Waals surface area contributed by atoms with Crippen molar-refractivity contribution in [1.82, 2.24) is 5.32 Å². The van der Waals surface area contributed by atoms with E-state index in [1.165, 1.54) is 24.3 Å². The van der Waals surface area contributed by atoms with Gasteiger partial charge in [0.1, 0.15) is 0 Å². The van der Waals surface area contributed by atoms with E-state index in [-0.39, 0.29) is 10.8 Å². The van der Waals surface area contributed by atoms with E-state index in [1.54, 1.807) is 0 Å². The molecule has 0 saturated heterocycles. The van der Waals surface area contributed by atoms with Crippen LogP contribution in [0.25, 0.3) is 0 Å². The fraction of sp³-hybridized carbons (Fsp3) is 0.462. The summed E-state index contributed by atoms with van der Waals surface area (Å²) in [6.45, 7) is 6.56. The molecule has 0 aromatic heterocycles. The van der Waals surface area contributed by atoms with Gasteiger partial charge in [-0.1, -0.05) is 0 Å². The second-order valence-electron chi connectivity index (χ2n) is 4.94. The summed E-state index contributed by atoms with van der Waals surface area (Å²) in [5, 5.41) is 7.72. The quantitative estimate of drug-likeness (QED) is 0.814. The Morgan fingerprint density at radius 3 is 2.30 bits per heavy atom. The monoisotopic (exact) mass is 300 g/mol. The fourth-order valence-electron chi connectivity index (χ4n) is 1.63. The topological polar surface area (TPSA) is 98.5 Å². The summed E-state index contributed by atoms with van der Waals surface area (Å²) in [5.41, 5.74) is -0.0880. The fourth-order valence-corrected chi connectivity index (χ4v) is 2.15. The zero-order valence-electron chi connectivity index (χ0n) is 11.8. The van der Waals surface area contributed by atoms with E-state index in [9.17, 15) is 13.2 Å². The molecule has 0 saturated carbocycles. The number of nitrogens with one attached hydrogen (secondary N) is 1. The van der Waals surface area contributed by atoms with Crippen LogP contribution in [-0.2, 0) is 14.8 Å². The first-order valence-corrected chi connectivity index (χ1v) is 7.75. The minimum atomic E-state index is -3.74. The van der Waals surface area contributed by atoms with Gasteiger partial charge in [0, 0.05) is 18.7 Å². The third kappa shape index (κ3) is 4.92. The lowest BCUT2D eigenvalue weighted by molar-refractivity contribution is -0.00815. The normalized spacial score (nSPS) is 12.2. The number of sulfonamides is 1. The van der Waals surface area contributed by atoms with E-state index in [4.69, 9.17) is 9.88 Å². The van der Waals surface area contributed by atoms with Crippen molar-refractivity contribution >= 4 is 15.9 Å². The van der Waals surface area contributed by atoms with Crippen LogP contribution in [0.15, 0.2) is 29.2 Å². The Kier molecular flexibility index (Phi) is 5.27. The van der Waals surface area contributed by atoms with Crippen molar-refractivity contribution in [3.05, 3.63) is 29.8 Å². The predicted octanol–water partition coefficient (Wildman–Crippen LogP) is 0.879. The van der Waals surface area contributed by atoms with Gasteiger partial charge < -0.3 is 10.1 Å². The minimum absolute atomic E-state index is 0.0244. The van der Waals surface area contributed by atoms with Crippen LogP contribution >= 0.6 is 0 Å². The summed E-state index contributed by atoms with van der Waals surface area (Å²) < 4.78 is 27.7. The highest BCUT2D eigenvalue weighted by Gasteiger charge is 2.19. The molecule has 0 fully saturated rings. The van der Waals surface area contributed by atoms with Crippen molar-refractivity contribution in [3.8, 4) is 0 Å². The summed E-state index contributed by atoms with van der Waals surface area (Å²) >= 11 is 0. The highest BCUT2D eigenvalue weighted by molar-refractivity contribution is 7.89. The third-order valence-electron chi connectivity index (χ3n) is 2.65. The van der Waals surface area contributed by atoms with Crippen LogP contribution in [0.1, 0.15) is 31.1 Å². The van der Waals surface area contributed by atoms with E-state index in [0.29, 0.717) is 18.7 Å². The second kappa shape index (κ2) is 6.34. The molecule has 0 radical (unpaired) electrons. The van der Waals surface area contributed by atoms with Gasteiger partial charge in [-0.15, -0.1) is 0 Å². The maximum absolute atomic E-state index is 11.9. The standard InChI is InChI=1S/C13H20N2O4S/c1-4-19-13(2,3)9-15-12(16)10-5-7-11(8-6-10)20(14,17)18/h5-8H,4,9H2,1-3H3,(H,15,16)(H2,14,17,18).